The number of ether oxygens (including phenoxy) is 2. The third-order valence-corrected chi connectivity index (χ3v) is 3.35. The van der Waals surface area contributed by atoms with Gasteiger partial charge in [0, 0.05) is 0 Å². The van der Waals surface area contributed by atoms with Crippen molar-refractivity contribution in [2.75, 3.05) is 12.9 Å². The second-order valence-corrected chi connectivity index (χ2v) is 5.30. The standard InChI is InChI=1S/C10H17O4S2/c1-5-6-13-8(11)10(15,16-4)9(12)14-7(2)3/h7H,5-6H2,1-4H3. The average molecular weight is 265 g/mol. The van der Waals surface area contributed by atoms with Crippen molar-refractivity contribution in [3.8, 4) is 0 Å². The maximum atomic E-state index is 11.7. The molecule has 0 aliphatic carbocycles. The summed E-state index contributed by atoms with van der Waals surface area (Å²) in [5.74, 6) is -1.45. The molecule has 1 unspecified atom stereocenters. The van der Waals surface area contributed by atoms with Crippen LogP contribution < -0.4 is 0 Å². The maximum absolute atomic E-state index is 11.7. The fraction of sp³-hybridized carbons (Fsp3) is 0.800. The minimum atomic E-state index is -1.68. The predicted octanol–water partition coefficient (Wildman–Crippen LogP) is 2.15. The molecule has 1 atom stereocenters. The molecule has 0 heterocycles. The van der Waals surface area contributed by atoms with Crippen molar-refractivity contribution in [2.45, 2.75) is 37.4 Å². The highest BCUT2D eigenvalue weighted by Gasteiger charge is 2.46. The van der Waals surface area contributed by atoms with Gasteiger partial charge in [-0.3, -0.25) is 0 Å². The van der Waals surface area contributed by atoms with E-state index >= 15 is 0 Å². The Hall–Kier alpha value is -0.360. The highest BCUT2D eigenvalue weighted by atomic mass is 32.2. The fourth-order valence-corrected chi connectivity index (χ4v) is 1.38. The Morgan fingerprint density at radius 3 is 2.31 bits per heavy atom. The summed E-state index contributed by atoms with van der Waals surface area (Å²) in [5, 5.41) is 0. The summed E-state index contributed by atoms with van der Waals surface area (Å²) >= 11 is 5.94. The molecule has 0 rings (SSSR count). The lowest BCUT2D eigenvalue weighted by Gasteiger charge is -2.22. The smallest absolute Gasteiger partial charge is 0.345 e. The Bertz CT molecular complexity index is 255. The van der Waals surface area contributed by atoms with E-state index in [9.17, 15) is 9.59 Å². The highest BCUT2D eigenvalue weighted by Crippen LogP contribution is 2.31. The SMILES string of the molecule is CCCOC(=O)C([S])(SC)C(=O)OC(C)C. The molecule has 16 heavy (non-hydrogen) atoms. The number of hydrogen-bond acceptors (Lipinski definition) is 5. The Balaban J connectivity index is 4.62. The first kappa shape index (κ1) is 15.6. The van der Waals surface area contributed by atoms with Gasteiger partial charge in [0.05, 0.1) is 12.7 Å². The van der Waals surface area contributed by atoms with E-state index < -0.39 is 16.0 Å². The molecule has 1 radical (unpaired) electrons. The normalized spacial score (nSPS) is 14.4. The summed E-state index contributed by atoms with van der Waals surface area (Å²) in [5.41, 5.74) is 0. The molecule has 6 heteroatoms. The van der Waals surface area contributed by atoms with Crippen molar-refractivity contribution in [2.24, 2.45) is 0 Å². The predicted molar refractivity (Wildman–Crippen MR) is 66.3 cm³/mol. The van der Waals surface area contributed by atoms with E-state index in [1.165, 1.54) is 0 Å². The monoisotopic (exact) mass is 265 g/mol. The quantitative estimate of drug-likeness (QED) is 0.544. The van der Waals surface area contributed by atoms with Crippen LogP contribution >= 0.6 is 24.4 Å². The van der Waals surface area contributed by atoms with Gasteiger partial charge in [0.15, 0.2) is 0 Å². The molecule has 0 aliphatic rings. The van der Waals surface area contributed by atoms with E-state index in [1.54, 1.807) is 20.1 Å². The van der Waals surface area contributed by atoms with Crippen LogP contribution in [-0.4, -0.2) is 35.0 Å². The summed E-state index contributed by atoms with van der Waals surface area (Å²) in [4.78, 5) is 23.3. The van der Waals surface area contributed by atoms with E-state index in [0.717, 1.165) is 11.8 Å². The zero-order valence-electron chi connectivity index (χ0n) is 9.94. The molecule has 0 saturated carbocycles. The largest absolute Gasteiger partial charge is 0.464 e. The lowest BCUT2D eigenvalue weighted by Crippen LogP contribution is -2.41. The Morgan fingerprint density at radius 1 is 1.38 bits per heavy atom. The van der Waals surface area contributed by atoms with Gasteiger partial charge in [-0.05, 0) is 39.2 Å². The Kier molecular flexibility index (Phi) is 6.90. The number of thioether (sulfide) groups is 1. The van der Waals surface area contributed by atoms with E-state index in [1.807, 2.05) is 6.92 Å². The number of carbonyl (C=O) groups excluding carboxylic acids is 2. The van der Waals surface area contributed by atoms with Gasteiger partial charge in [0.25, 0.3) is 4.08 Å². The van der Waals surface area contributed by atoms with Crippen LogP contribution in [0.2, 0.25) is 0 Å². The zero-order valence-corrected chi connectivity index (χ0v) is 11.6. The topological polar surface area (TPSA) is 52.6 Å². The summed E-state index contributed by atoms with van der Waals surface area (Å²) in [7, 11) is 0. The van der Waals surface area contributed by atoms with Crippen molar-refractivity contribution in [1.82, 2.24) is 0 Å². The number of esters is 2. The molecular formula is C10H17O4S2. The lowest BCUT2D eigenvalue weighted by atomic mass is 10.4. The first-order valence-corrected chi connectivity index (χ1v) is 6.65. The molecule has 0 aliphatic heterocycles. The summed E-state index contributed by atoms with van der Waals surface area (Å²) in [6.07, 6.45) is 1.97. The van der Waals surface area contributed by atoms with Crippen LogP contribution in [0.5, 0.6) is 0 Å². The second kappa shape index (κ2) is 7.06. The zero-order chi connectivity index (χ0) is 12.8. The van der Waals surface area contributed by atoms with Crippen LogP contribution in [0.4, 0.5) is 0 Å². The first-order chi connectivity index (χ1) is 7.38. The maximum Gasteiger partial charge on any atom is 0.345 e. The van der Waals surface area contributed by atoms with Gasteiger partial charge >= 0.3 is 11.9 Å². The van der Waals surface area contributed by atoms with E-state index in [0.29, 0.717) is 6.42 Å². The molecule has 0 N–H and O–H groups in total. The summed E-state index contributed by atoms with van der Waals surface area (Å²) < 4.78 is 8.15. The summed E-state index contributed by atoms with van der Waals surface area (Å²) in [6, 6.07) is 0. The van der Waals surface area contributed by atoms with Gasteiger partial charge in [-0.1, -0.05) is 6.92 Å². The number of carbonyl (C=O) groups is 2. The first-order valence-electron chi connectivity index (χ1n) is 5.02. The molecule has 4 nitrogen and oxygen atoms in total. The van der Waals surface area contributed by atoms with Crippen molar-refractivity contribution in [3.63, 3.8) is 0 Å². The third kappa shape index (κ3) is 4.25. The van der Waals surface area contributed by atoms with Crippen molar-refractivity contribution >= 4 is 36.3 Å². The molecular weight excluding hydrogens is 248 g/mol. The third-order valence-electron chi connectivity index (χ3n) is 1.60. The van der Waals surface area contributed by atoms with Gasteiger partial charge in [-0.25, -0.2) is 9.59 Å². The minimum absolute atomic E-state index is 0.257. The van der Waals surface area contributed by atoms with Crippen molar-refractivity contribution < 1.29 is 19.1 Å². The van der Waals surface area contributed by atoms with Gasteiger partial charge in [-0.15, -0.1) is 11.8 Å². The fourth-order valence-electron chi connectivity index (χ4n) is 0.831. The Morgan fingerprint density at radius 2 is 1.94 bits per heavy atom. The van der Waals surface area contributed by atoms with Gasteiger partial charge < -0.3 is 9.47 Å². The van der Waals surface area contributed by atoms with E-state index in [4.69, 9.17) is 22.1 Å². The van der Waals surface area contributed by atoms with Crippen molar-refractivity contribution in [3.05, 3.63) is 0 Å². The molecule has 0 aromatic carbocycles. The Labute approximate surface area is 106 Å². The van der Waals surface area contributed by atoms with Gasteiger partial charge in [0.1, 0.15) is 0 Å². The van der Waals surface area contributed by atoms with Gasteiger partial charge in [-0.2, -0.15) is 0 Å². The molecule has 0 aromatic rings. The average Bonchev–Trinajstić information content (AvgIpc) is 2.23. The molecule has 0 aromatic heterocycles. The van der Waals surface area contributed by atoms with E-state index in [2.05, 4.69) is 0 Å². The van der Waals surface area contributed by atoms with Crippen molar-refractivity contribution in [1.29, 1.82) is 0 Å². The minimum Gasteiger partial charge on any atom is -0.464 e. The van der Waals surface area contributed by atoms with Gasteiger partial charge in [0.2, 0.25) is 0 Å². The molecule has 0 amide bonds. The lowest BCUT2D eigenvalue weighted by molar-refractivity contribution is -0.157. The van der Waals surface area contributed by atoms with E-state index in [-0.39, 0.29) is 12.7 Å². The van der Waals surface area contributed by atoms with Crippen LogP contribution in [0, 0.1) is 0 Å². The van der Waals surface area contributed by atoms with Crippen LogP contribution in [0.15, 0.2) is 0 Å². The highest BCUT2D eigenvalue weighted by molar-refractivity contribution is 8.13. The van der Waals surface area contributed by atoms with Crippen LogP contribution in [0.1, 0.15) is 27.2 Å². The summed E-state index contributed by atoms with van der Waals surface area (Å²) in [6.45, 7) is 5.52. The molecule has 0 fully saturated rings. The molecule has 0 spiro atoms. The van der Waals surface area contributed by atoms with Crippen LogP contribution in [-0.2, 0) is 19.1 Å². The molecule has 0 bridgehead atoms. The van der Waals surface area contributed by atoms with Crippen LogP contribution in [0.25, 0.3) is 0 Å². The second-order valence-electron chi connectivity index (χ2n) is 3.41. The number of rotatable bonds is 6. The molecule has 0 saturated heterocycles. The number of hydrogen-bond donors (Lipinski definition) is 0. The van der Waals surface area contributed by atoms with Crippen LogP contribution in [0.3, 0.4) is 0 Å². The molecule has 93 valence electrons.